The van der Waals surface area contributed by atoms with Crippen LogP contribution in [0, 0.1) is 11.2 Å². The lowest BCUT2D eigenvalue weighted by atomic mass is 9.97. The number of hydrogen-bond acceptors (Lipinski definition) is 1. The third kappa shape index (κ3) is 1.22. The van der Waals surface area contributed by atoms with E-state index in [1.54, 1.807) is 6.07 Å². The van der Waals surface area contributed by atoms with Crippen molar-refractivity contribution in [2.75, 3.05) is 0 Å². The van der Waals surface area contributed by atoms with E-state index in [0.29, 0.717) is 4.47 Å². The zero-order valence-corrected chi connectivity index (χ0v) is 9.86. The van der Waals surface area contributed by atoms with Crippen molar-refractivity contribution in [3.05, 3.63) is 34.1 Å². The van der Waals surface area contributed by atoms with Crippen LogP contribution in [0.2, 0.25) is 0 Å². The van der Waals surface area contributed by atoms with Crippen LogP contribution in [-0.2, 0) is 5.54 Å². The highest BCUT2D eigenvalue weighted by Gasteiger charge is 2.60. The third-order valence-electron chi connectivity index (χ3n) is 3.24. The summed E-state index contributed by atoms with van der Waals surface area (Å²) >= 11 is 3.25. The normalized spacial score (nSPS) is 28.9. The predicted octanol–water partition coefficient (Wildman–Crippen LogP) is 3.17. The Kier molecular flexibility index (Phi) is 2.02. The molecule has 1 aromatic rings. The summed E-state index contributed by atoms with van der Waals surface area (Å²) in [6.07, 6.45) is 0.905. The van der Waals surface area contributed by atoms with E-state index < -0.39 is 0 Å². The highest BCUT2D eigenvalue weighted by atomic mass is 79.9. The van der Waals surface area contributed by atoms with Crippen LogP contribution in [0.15, 0.2) is 22.7 Å². The van der Waals surface area contributed by atoms with Crippen molar-refractivity contribution in [1.29, 1.82) is 0 Å². The molecule has 0 bridgehead atoms. The van der Waals surface area contributed by atoms with Crippen LogP contribution in [-0.4, -0.2) is 0 Å². The second kappa shape index (κ2) is 2.80. The molecule has 1 atom stereocenters. The van der Waals surface area contributed by atoms with Crippen molar-refractivity contribution in [3.8, 4) is 0 Å². The van der Waals surface area contributed by atoms with E-state index in [1.807, 2.05) is 6.07 Å². The maximum Gasteiger partial charge on any atom is 0.137 e. The van der Waals surface area contributed by atoms with Crippen LogP contribution in [0.5, 0.6) is 0 Å². The smallest absolute Gasteiger partial charge is 0.137 e. The molecule has 3 heteroatoms. The van der Waals surface area contributed by atoms with Gasteiger partial charge in [0.1, 0.15) is 5.82 Å². The lowest BCUT2D eigenvalue weighted by molar-refractivity contribution is 0.503. The van der Waals surface area contributed by atoms with Gasteiger partial charge >= 0.3 is 0 Å². The van der Waals surface area contributed by atoms with Gasteiger partial charge in [-0.3, -0.25) is 0 Å². The first-order valence-electron chi connectivity index (χ1n) is 4.62. The van der Waals surface area contributed by atoms with Crippen LogP contribution < -0.4 is 5.73 Å². The maximum absolute atomic E-state index is 13.3. The summed E-state index contributed by atoms with van der Waals surface area (Å²) in [4.78, 5) is 0. The molecule has 0 radical (unpaired) electrons. The van der Waals surface area contributed by atoms with Crippen LogP contribution >= 0.6 is 15.9 Å². The van der Waals surface area contributed by atoms with Gasteiger partial charge in [-0.25, -0.2) is 4.39 Å². The predicted molar refractivity (Wildman–Crippen MR) is 58.4 cm³/mol. The average molecular weight is 258 g/mol. The summed E-state index contributed by atoms with van der Waals surface area (Å²) in [5, 5.41) is 0. The van der Waals surface area contributed by atoms with E-state index in [2.05, 4.69) is 29.8 Å². The summed E-state index contributed by atoms with van der Waals surface area (Å²) in [6, 6.07) is 5.03. The Labute approximate surface area is 91.6 Å². The fourth-order valence-electron chi connectivity index (χ4n) is 1.96. The molecule has 1 unspecified atom stereocenters. The second-order valence-electron chi connectivity index (χ2n) is 4.63. The Morgan fingerprint density at radius 1 is 1.43 bits per heavy atom. The van der Waals surface area contributed by atoms with Gasteiger partial charge in [-0.1, -0.05) is 26.0 Å². The molecule has 1 saturated carbocycles. The van der Waals surface area contributed by atoms with Crippen molar-refractivity contribution in [1.82, 2.24) is 0 Å². The lowest BCUT2D eigenvalue weighted by Crippen LogP contribution is -2.26. The van der Waals surface area contributed by atoms with Gasteiger partial charge < -0.3 is 5.73 Å². The van der Waals surface area contributed by atoms with Gasteiger partial charge in [0.15, 0.2) is 0 Å². The van der Waals surface area contributed by atoms with Crippen molar-refractivity contribution < 1.29 is 4.39 Å². The minimum Gasteiger partial charge on any atom is -0.321 e. The molecule has 0 aliphatic heterocycles. The fraction of sp³-hybridized carbons (Fsp3) is 0.455. The quantitative estimate of drug-likeness (QED) is 0.822. The molecule has 2 N–H and O–H groups in total. The van der Waals surface area contributed by atoms with Crippen molar-refractivity contribution in [3.63, 3.8) is 0 Å². The van der Waals surface area contributed by atoms with Gasteiger partial charge in [-0.05, 0) is 39.4 Å². The first-order valence-corrected chi connectivity index (χ1v) is 5.41. The van der Waals surface area contributed by atoms with E-state index >= 15 is 0 Å². The molecular weight excluding hydrogens is 245 g/mol. The first-order chi connectivity index (χ1) is 6.38. The molecular formula is C11H13BrFN. The molecule has 0 saturated heterocycles. The van der Waals surface area contributed by atoms with Crippen molar-refractivity contribution >= 4 is 15.9 Å². The molecule has 0 amide bonds. The fourth-order valence-corrected chi connectivity index (χ4v) is 2.58. The van der Waals surface area contributed by atoms with Gasteiger partial charge in [0.25, 0.3) is 0 Å². The number of nitrogens with two attached hydrogens (primary N) is 1. The number of hydrogen-bond donors (Lipinski definition) is 1. The van der Waals surface area contributed by atoms with Gasteiger partial charge in [-0.2, -0.15) is 0 Å². The lowest BCUT2D eigenvalue weighted by Gasteiger charge is -2.17. The SMILES string of the molecule is CC1(C)CC1(N)c1cccc(F)c1Br. The van der Waals surface area contributed by atoms with Crippen LogP contribution in [0.3, 0.4) is 0 Å². The molecule has 2 rings (SSSR count). The standard InChI is InChI=1S/C11H13BrFN/c1-10(2)6-11(10,14)7-4-3-5-8(13)9(7)12/h3-5H,6,14H2,1-2H3. The summed E-state index contributed by atoms with van der Waals surface area (Å²) < 4.78 is 13.8. The maximum atomic E-state index is 13.3. The highest BCUT2D eigenvalue weighted by Crippen LogP contribution is 2.61. The topological polar surface area (TPSA) is 26.0 Å². The molecule has 0 spiro atoms. The third-order valence-corrected chi connectivity index (χ3v) is 4.04. The van der Waals surface area contributed by atoms with Crippen molar-refractivity contribution in [2.24, 2.45) is 11.1 Å². The van der Waals surface area contributed by atoms with Crippen LogP contribution in [0.1, 0.15) is 25.8 Å². The molecule has 76 valence electrons. The highest BCUT2D eigenvalue weighted by molar-refractivity contribution is 9.10. The number of benzene rings is 1. The molecule has 0 heterocycles. The minimum atomic E-state index is -0.367. The summed E-state index contributed by atoms with van der Waals surface area (Å²) in [6.45, 7) is 4.20. The molecule has 1 aliphatic carbocycles. The van der Waals surface area contributed by atoms with E-state index in [-0.39, 0.29) is 16.8 Å². The molecule has 1 aliphatic rings. The summed E-state index contributed by atoms with van der Waals surface area (Å²) in [7, 11) is 0. The number of halogens is 2. The Hall–Kier alpha value is -0.410. The van der Waals surface area contributed by atoms with Gasteiger partial charge in [0, 0.05) is 5.54 Å². The molecule has 14 heavy (non-hydrogen) atoms. The monoisotopic (exact) mass is 257 g/mol. The Bertz CT molecular complexity index is 389. The van der Waals surface area contributed by atoms with Crippen LogP contribution in [0.4, 0.5) is 4.39 Å². The van der Waals surface area contributed by atoms with Gasteiger partial charge in [-0.15, -0.1) is 0 Å². The number of rotatable bonds is 1. The second-order valence-corrected chi connectivity index (χ2v) is 5.43. The van der Waals surface area contributed by atoms with E-state index in [1.165, 1.54) is 6.07 Å². The minimum absolute atomic E-state index is 0.0727. The van der Waals surface area contributed by atoms with E-state index in [0.717, 1.165) is 12.0 Å². The largest absolute Gasteiger partial charge is 0.321 e. The first kappa shape index (κ1) is 10.1. The zero-order valence-electron chi connectivity index (χ0n) is 8.27. The van der Waals surface area contributed by atoms with E-state index in [9.17, 15) is 4.39 Å². The molecule has 1 nitrogen and oxygen atoms in total. The van der Waals surface area contributed by atoms with Crippen molar-refractivity contribution in [2.45, 2.75) is 25.8 Å². The molecule has 1 aromatic carbocycles. The summed E-state index contributed by atoms with van der Waals surface area (Å²) in [5.74, 6) is -0.241. The Balaban J connectivity index is 2.49. The Morgan fingerprint density at radius 2 is 2.00 bits per heavy atom. The zero-order chi connectivity index (χ0) is 10.6. The van der Waals surface area contributed by atoms with E-state index in [4.69, 9.17) is 5.73 Å². The summed E-state index contributed by atoms with van der Waals surface area (Å²) in [5.41, 5.74) is 6.80. The Morgan fingerprint density at radius 3 is 2.50 bits per heavy atom. The van der Waals surface area contributed by atoms with Gasteiger partial charge in [0.2, 0.25) is 0 Å². The van der Waals surface area contributed by atoms with Gasteiger partial charge in [0.05, 0.1) is 4.47 Å². The molecule has 0 aromatic heterocycles. The average Bonchev–Trinajstić information content (AvgIpc) is 2.58. The van der Waals surface area contributed by atoms with Crippen LogP contribution in [0.25, 0.3) is 0 Å². The molecule has 1 fully saturated rings.